The second-order valence-electron chi connectivity index (χ2n) is 5.40. The molecule has 1 N–H and O–H groups in total. The Morgan fingerprint density at radius 3 is 2.67 bits per heavy atom. The van der Waals surface area contributed by atoms with Crippen LogP contribution in [0.3, 0.4) is 0 Å². The molecule has 0 aromatic heterocycles. The summed E-state index contributed by atoms with van der Waals surface area (Å²) in [5, 5.41) is 4.17. The summed E-state index contributed by atoms with van der Waals surface area (Å²) < 4.78 is 31.3. The first-order valence-corrected chi connectivity index (χ1v) is 10.6. The first-order chi connectivity index (χ1) is 12.7. The molecule has 0 saturated heterocycles. The molecule has 0 fully saturated rings. The molecular weight excluding hydrogens is 458 g/mol. The Kier molecular flexibility index (Phi) is 7.23. The van der Waals surface area contributed by atoms with E-state index < -0.39 is 22.5 Å². The number of sulfonamides is 1. The summed E-state index contributed by atoms with van der Waals surface area (Å²) in [5.74, 6) is -0.347. The van der Waals surface area contributed by atoms with Crippen molar-refractivity contribution in [2.45, 2.75) is 0 Å². The fourth-order valence-corrected chi connectivity index (χ4v) is 3.56. The van der Waals surface area contributed by atoms with E-state index >= 15 is 0 Å². The molecule has 0 atom stereocenters. The van der Waals surface area contributed by atoms with Gasteiger partial charge in [0.2, 0.25) is 10.0 Å². The molecule has 27 heavy (non-hydrogen) atoms. The number of hydrazone groups is 1. The number of hydrogen-bond acceptors (Lipinski definition) is 5. The molecule has 0 aliphatic heterocycles. The normalized spacial score (nSPS) is 11.4. The number of nitrogens with zero attached hydrogens (tertiary/aromatic N) is 2. The Labute approximate surface area is 171 Å². The Morgan fingerprint density at radius 2 is 2.04 bits per heavy atom. The van der Waals surface area contributed by atoms with E-state index in [1.807, 2.05) is 18.2 Å². The van der Waals surface area contributed by atoms with Crippen LogP contribution in [0, 0.1) is 0 Å². The van der Waals surface area contributed by atoms with Crippen LogP contribution < -0.4 is 14.5 Å². The number of halogens is 2. The summed E-state index contributed by atoms with van der Waals surface area (Å²) in [5.41, 5.74) is 3.24. The van der Waals surface area contributed by atoms with Crippen LogP contribution in [0.15, 0.2) is 52.0 Å². The van der Waals surface area contributed by atoms with Gasteiger partial charge in [-0.1, -0.05) is 45.7 Å². The standard InChI is InChI=1S/C17H17BrClN3O4S/c1-26-16-8-7-13(19)9-15(16)22(27(2,24)25)11-17(23)21-20-10-12-5-3-4-6-14(12)18/h3-10H,11H2,1-2H3,(H,21,23)/b20-10-. The Balaban J connectivity index is 2.19. The van der Waals surface area contributed by atoms with Crippen LogP contribution in [0.2, 0.25) is 5.02 Å². The van der Waals surface area contributed by atoms with E-state index in [-0.39, 0.29) is 11.4 Å². The van der Waals surface area contributed by atoms with Gasteiger partial charge in [0, 0.05) is 15.1 Å². The van der Waals surface area contributed by atoms with E-state index in [0.717, 1.165) is 20.6 Å². The number of hydrogen-bond donors (Lipinski definition) is 1. The quantitative estimate of drug-likeness (QED) is 0.493. The molecule has 1 amide bonds. The van der Waals surface area contributed by atoms with E-state index in [1.54, 1.807) is 12.1 Å². The van der Waals surface area contributed by atoms with Gasteiger partial charge in [-0.2, -0.15) is 5.10 Å². The minimum Gasteiger partial charge on any atom is -0.495 e. The van der Waals surface area contributed by atoms with Gasteiger partial charge in [0.25, 0.3) is 5.91 Å². The Hall–Kier alpha value is -2.10. The first-order valence-electron chi connectivity index (χ1n) is 7.60. The van der Waals surface area contributed by atoms with E-state index in [4.69, 9.17) is 16.3 Å². The third kappa shape index (κ3) is 5.95. The Morgan fingerprint density at radius 1 is 1.33 bits per heavy atom. The van der Waals surface area contributed by atoms with Crippen molar-refractivity contribution < 1.29 is 17.9 Å². The van der Waals surface area contributed by atoms with Gasteiger partial charge >= 0.3 is 0 Å². The van der Waals surface area contributed by atoms with Gasteiger partial charge in [0.15, 0.2) is 0 Å². The van der Waals surface area contributed by atoms with E-state index in [0.29, 0.717) is 5.02 Å². The van der Waals surface area contributed by atoms with Crippen LogP contribution in [-0.4, -0.2) is 40.4 Å². The van der Waals surface area contributed by atoms with Crippen LogP contribution >= 0.6 is 27.5 Å². The molecule has 0 heterocycles. The van der Waals surface area contributed by atoms with Crippen molar-refractivity contribution in [2.24, 2.45) is 5.10 Å². The number of carbonyl (C=O) groups excluding carboxylic acids is 1. The number of nitrogens with one attached hydrogen (secondary N) is 1. The largest absolute Gasteiger partial charge is 0.495 e. The van der Waals surface area contributed by atoms with Crippen LogP contribution in [-0.2, 0) is 14.8 Å². The molecule has 0 aliphatic carbocycles. The zero-order valence-electron chi connectivity index (χ0n) is 14.5. The summed E-state index contributed by atoms with van der Waals surface area (Å²) in [6.07, 6.45) is 2.44. The highest BCUT2D eigenvalue weighted by Crippen LogP contribution is 2.32. The van der Waals surface area contributed by atoms with Crippen molar-refractivity contribution in [3.05, 3.63) is 57.5 Å². The maximum Gasteiger partial charge on any atom is 0.260 e. The zero-order chi connectivity index (χ0) is 20.0. The van der Waals surface area contributed by atoms with Crippen molar-refractivity contribution in [3.63, 3.8) is 0 Å². The molecule has 2 aromatic carbocycles. The molecule has 0 bridgehead atoms. The lowest BCUT2D eigenvalue weighted by molar-refractivity contribution is -0.119. The summed E-state index contributed by atoms with van der Waals surface area (Å²) in [4.78, 5) is 12.2. The minimum absolute atomic E-state index is 0.164. The maximum absolute atomic E-state index is 12.2. The molecule has 0 radical (unpaired) electrons. The molecule has 10 heteroatoms. The summed E-state index contributed by atoms with van der Waals surface area (Å²) in [6, 6.07) is 11.8. The Bertz CT molecular complexity index is 966. The van der Waals surface area contributed by atoms with E-state index in [9.17, 15) is 13.2 Å². The highest BCUT2D eigenvalue weighted by Gasteiger charge is 2.24. The average molecular weight is 475 g/mol. The van der Waals surface area contributed by atoms with Crippen LogP contribution in [0.25, 0.3) is 0 Å². The van der Waals surface area contributed by atoms with Crippen molar-refractivity contribution in [2.75, 3.05) is 24.2 Å². The molecule has 0 unspecified atom stereocenters. The highest BCUT2D eigenvalue weighted by molar-refractivity contribution is 9.10. The van der Waals surface area contributed by atoms with Gasteiger partial charge in [-0.3, -0.25) is 9.10 Å². The third-order valence-electron chi connectivity index (χ3n) is 3.40. The topological polar surface area (TPSA) is 88.1 Å². The van der Waals surface area contributed by atoms with Gasteiger partial charge in [0.05, 0.1) is 25.3 Å². The lowest BCUT2D eigenvalue weighted by atomic mass is 10.2. The monoisotopic (exact) mass is 473 g/mol. The van der Waals surface area contributed by atoms with Crippen molar-refractivity contribution in [1.82, 2.24) is 5.43 Å². The summed E-state index contributed by atoms with van der Waals surface area (Å²) in [7, 11) is -2.37. The molecule has 0 aliphatic rings. The van der Waals surface area contributed by atoms with Crippen molar-refractivity contribution in [3.8, 4) is 5.75 Å². The predicted octanol–water partition coefficient (Wildman–Crippen LogP) is 3.03. The first kappa shape index (κ1) is 21.2. The number of rotatable bonds is 7. The summed E-state index contributed by atoms with van der Waals surface area (Å²) >= 11 is 9.33. The molecule has 2 rings (SSSR count). The van der Waals surface area contributed by atoms with E-state index in [1.165, 1.54) is 25.5 Å². The second kappa shape index (κ2) is 9.20. The van der Waals surface area contributed by atoms with Crippen LogP contribution in [0.1, 0.15) is 5.56 Å². The van der Waals surface area contributed by atoms with Gasteiger partial charge < -0.3 is 4.74 Å². The van der Waals surface area contributed by atoms with Gasteiger partial charge in [0.1, 0.15) is 12.3 Å². The van der Waals surface area contributed by atoms with Gasteiger partial charge in [-0.25, -0.2) is 13.8 Å². The highest BCUT2D eigenvalue weighted by atomic mass is 79.9. The fourth-order valence-electron chi connectivity index (χ4n) is 2.16. The number of benzene rings is 2. The number of ether oxygens (including phenoxy) is 1. The second-order valence-corrected chi connectivity index (χ2v) is 8.60. The van der Waals surface area contributed by atoms with Gasteiger partial charge in [-0.15, -0.1) is 0 Å². The van der Waals surface area contributed by atoms with Crippen molar-refractivity contribution in [1.29, 1.82) is 0 Å². The molecule has 0 saturated carbocycles. The fraction of sp³-hybridized carbons (Fsp3) is 0.176. The molecule has 7 nitrogen and oxygen atoms in total. The number of carbonyl (C=O) groups is 1. The maximum atomic E-state index is 12.2. The predicted molar refractivity (Wildman–Crippen MR) is 110 cm³/mol. The van der Waals surface area contributed by atoms with Crippen LogP contribution in [0.4, 0.5) is 5.69 Å². The van der Waals surface area contributed by atoms with E-state index in [2.05, 4.69) is 26.5 Å². The third-order valence-corrected chi connectivity index (χ3v) is 5.48. The molecular formula is C17H17BrClN3O4S. The number of methoxy groups -OCH3 is 1. The molecule has 0 spiro atoms. The summed E-state index contributed by atoms with van der Waals surface area (Å²) in [6.45, 7) is -0.483. The molecule has 2 aromatic rings. The number of amides is 1. The lowest BCUT2D eigenvalue weighted by Gasteiger charge is -2.23. The zero-order valence-corrected chi connectivity index (χ0v) is 17.7. The lowest BCUT2D eigenvalue weighted by Crippen LogP contribution is -2.39. The molecule has 144 valence electrons. The average Bonchev–Trinajstić information content (AvgIpc) is 2.60. The van der Waals surface area contributed by atoms with Gasteiger partial charge in [-0.05, 0) is 24.3 Å². The SMILES string of the molecule is COc1ccc(Cl)cc1N(CC(=O)N/N=C\c1ccccc1Br)S(C)(=O)=O. The van der Waals surface area contributed by atoms with Crippen LogP contribution in [0.5, 0.6) is 5.75 Å². The smallest absolute Gasteiger partial charge is 0.260 e. The minimum atomic E-state index is -3.77. The van der Waals surface area contributed by atoms with Crippen molar-refractivity contribution >= 4 is 55.4 Å². The number of anilines is 1.